The van der Waals surface area contributed by atoms with Crippen LogP contribution in [0.25, 0.3) is 0 Å². The van der Waals surface area contributed by atoms with Gasteiger partial charge in [0.15, 0.2) is 5.78 Å². The number of fused-ring (bicyclic) bond motifs is 10. The fourth-order valence-electron chi connectivity index (χ4n) is 20.9. The minimum atomic E-state index is -0.117. The quantitative estimate of drug-likeness (QED) is 0.114. The molecule has 0 aromatic rings. The topological polar surface area (TPSA) is 71.4 Å². The molecule has 0 spiro atoms. The van der Waals surface area contributed by atoms with E-state index in [1.54, 1.807) is 18.1 Å². The SMILES string of the molecule is C=C/C=C(\C)[C@H]1CCC2C3CCC4=CC(=O)CC[C@]4(C)C3CC[C@@]21C.C=C/C=C(\C)[C@H]1CCC[C@H]1C.C=C/C=C(\C)[C@H]1CCC[C@H]1C.C=C[CH2-].C=C[CH2-].CC(=O)[C@H]1CCC2C3CC=C4C[C@@H](O)CC[C@]4(C)C3CC[C@@]21C.CC(=O)[C@H]1CCC[C@H]1C.[Br-].[Br-].[Mg+2].[Mg+2]. The fraction of sp³-hybridized carbons (Fsp3) is 0.691. The van der Waals surface area contributed by atoms with Gasteiger partial charge in [0.1, 0.15) is 11.6 Å². The maximum atomic E-state index is 12.2. The summed E-state index contributed by atoms with van der Waals surface area (Å²) >= 11 is 0. The Labute approximate surface area is 601 Å². The summed E-state index contributed by atoms with van der Waals surface area (Å²) in [5.74, 6) is 11.6. The van der Waals surface area contributed by atoms with Gasteiger partial charge in [-0.1, -0.05) is 171 Å². The van der Waals surface area contributed by atoms with Crippen molar-refractivity contribution in [3.05, 3.63) is 135 Å². The smallest absolute Gasteiger partial charge is 1.00 e. The molecular weight excluding hydrogens is 1250 g/mol. The maximum Gasteiger partial charge on any atom is 2.00 e. The van der Waals surface area contributed by atoms with E-state index in [1.165, 1.54) is 144 Å². The van der Waals surface area contributed by atoms with Crippen LogP contribution in [0.3, 0.4) is 0 Å². The van der Waals surface area contributed by atoms with E-state index in [0.717, 1.165) is 110 Å². The summed E-state index contributed by atoms with van der Waals surface area (Å²) in [5, 5.41) is 10.1. The average molecular weight is 1370 g/mol. The van der Waals surface area contributed by atoms with Gasteiger partial charge in [0, 0.05) is 18.3 Å². The summed E-state index contributed by atoms with van der Waals surface area (Å²) in [6.07, 6.45) is 50.7. The van der Waals surface area contributed by atoms with Gasteiger partial charge in [0.25, 0.3) is 0 Å². The zero-order valence-corrected chi connectivity index (χ0v) is 64.9. The second-order valence-corrected chi connectivity index (χ2v) is 30.3. The normalized spacial score (nSPS) is 38.4. The van der Waals surface area contributed by atoms with Crippen LogP contribution in [0.1, 0.15) is 244 Å². The summed E-state index contributed by atoms with van der Waals surface area (Å²) in [6.45, 7) is 51.5. The number of halogens is 2. The molecule has 0 amide bonds. The number of aliphatic hydroxyl groups is 1. The van der Waals surface area contributed by atoms with E-state index in [1.807, 2.05) is 31.2 Å². The van der Waals surface area contributed by atoms with Gasteiger partial charge in [0.2, 0.25) is 0 Å². The standard InChI is InChI=1S/C24H34O.C21H32O2.2C11H18.C8H14O.2C3H5.2BrH.2Mg/c1-5-6-16(2)20-9-10-21-19-8-7-17-15-18(25)11-13-23(17,3)22(19)12-14-24(20,21)4;1-13(22)17-6-7-18-16-5-4-14-12-15(23)8-10-20(14,2)19(16)9-11-21(17,18)3;2*1-4-6-9(2)11-8-5-7-10(11)3;1-6-4-3-5-8(6)7(2)9;2*1-3-2;;;;/h5-6,15,19-22H,1,7-14H2,2-4H3;4,15-19,23H,5-12H2,1-3H3;2*4,6,10-11H,1,5,7-8H2,2-3H3;6,8H,3-5H2,1-2H3;2*3H,1-2H2;2*1H;;/q;;;;;2*-1;;;2*+2/p-2/b16-6+;;2*9-6+;;;;;;;/t19?,20-,21?,22?,23+,24-;15-,16?,17+,18?,19?,20-,21+;2*10-,11-;6-,8+;;;;;;/m10111....../s1. The van der Waals surface area contributed by atoms with E-state index in [9.17, 15) is 19.5 Å². The van der Waals surface area contributed by atoms with Gasteiger partial charge in [0.05, 0.1) is 6.10 Å². The fourth-order valence-corrected chi connectivity index (χ4v) is 20.9. The van der Waals surface area contributed by atoms with Crippen molar-refractivity contribution in [3.63, 3.8) is 0 Å². The van der Waals surface area contributed by atoms with Crippen LogP contribution in [0.4, 0.5) is 0 Å². The first-order valence-electron chi connectivity index (χ1n) is 34.6. The molecule has 0 aromatic heterocycles. The largest absolute Gasteiger partial charge is 2.00 e. The first-order valence-corrected chi connectivity index (χ1v) is 34.6. The predicted molar refractivity (Wildman–Crippen MR) is 377 cm³/mol. The van der Waals surface area contributed by atoms with E-state index in [2.05, 4.69) is 140 Å². The minimum absolute atomic E-state index is 0. The third-order valence-corrected chi connectivity index (χ3v) is 25.5. The molecule has 0 bridgehead atoms. The van der Waals surface area contributed by atoms with Crippen molar-refractivity contribution in [2.75, 3.05) is 0 Å². The molecular formula is C81H126Br2Mg2O4. The Morgan fingerprint density at radius 2 is 0.933 bits per heavy atom. The van der Waals surface area contributed by atoms with Gasteiger partial charge in [-0.2, -0.15) is 0 Å². The van der Waals surface area contributed by atoms with E-state index in [4.69, 9.17) is 0 Å². The number of hydrogen-bond acceptors (Lipinski definition) is 4. The summed E-state index contributed by atoms with van der Waals surface area (Å²) in [4.78, 5) is 35.0. The second-order valence-electron chi connectivity index (χ2n) is 30.3. The zero-order chi connectivity index (χ0) is 63.0. The molecule has 6 unspecified atom stereocenters. The van der Waals surface area contributed by atoms with Crippen molar-refractivity contribution >= 4 is 63.5 Å². The van der Waals surface area contributed by atoms with E-state index in [0.29, 0.717) is 51.3 Å². The zero-order valence-electron chi connectivity index (χ0n) is 58.9. The Hall–Kier alpha value is -1.40. The molecule has 492 valence electrons. The monoisotopic (exact) mass is 1370 g/mol. The van der Waals surface area contributed by atoms with E-state index < -0.39 is 0 Å². The van der Waals surface area contributed by atoms with Gasteiger partial charge in [-0.3, -0.25) is 14.4 Å². The van der Waals surface area contributed by atoms with Crippen molar-refractivity contribution in [1.82, 2.24) is 0 Å². The molecule has 9 saturated carbocycles. The van der Waals surface area contributed by atoms with Crippen LogP contribution in [-0.2, 0) is 14.4 Å². The van der Waals surface area contributed by atoms with Crippen LogP contribution in [0.2, 0.25) is 0 Å². The molecule has 0 aliphatic heterocycles. The molecule has 11 rings (SSSR count). The molecule has 1 N–H and O–H groups in total. The first kappa shape index (κ1) is 85.6. The van der Waals surface area contributed by atoms with Crippen LogP contribution in [0.5, 0.6) is 0 Å². The third-order valence-electron chi connectivity index (χ3n) is 25.5. The number of hydrogen-bond donors (Lipinski definition) is 1. The summed E-state index contributed by atoms with van der Waals surface area (Å²) in [6, 6.07) is 0. The number of Topliss-reactive ketones (excluding diaryl/α,β-unsaturated/α-hetero) is 2. The van der Waals surface area contributed by atoms with Crippen molar-refractivity contribution in [1.29, 1.82) is 0 Å². The molecule has 11 aliphatic rings. The van der Waals surface area contributed by atoms with Gasteiger partial charge in [-0.15, -0.1) is 0 Å². The number of carbonyl (C=O) groups excluding carboxylic acids is 3. The third kappa shape index (κ3) is 20.6. The molecule has 19 atom stereocenters. The molecule has 0 heterocycles. The molecule has 9 fully saturated rings. The van der Waals surface area contributed by atoms with Gasteiger partial charge in [-0.05, 0) is 255 Å². The van der Waals surface area contributed by atoms with Crippen LogP contribution in [0.15, 0.2) is 122 Å². The summed E-state index contributed by atoms with van der Waals surface area (Å²) in [7, 11) is 0. The average Bonchev–Trinajstić information content (AvgIpc) is 2.10. The number of carbonyl (C=O) groups is 3. The van der Waals surface area contributed by atoms with Crippen molar-refractivity contribution in [2.45, 2.75) is 250 Å². The van der Waals surface area contributed by atoms with Crippen LogP contribution in [-0.4, -0.2) is 74.7 Å². The van der Waals surface area contributed by atoms with Crippen molar-refractivity contribution < 1.29 is 53.5 Å². The molecule has 8 heteroatoms. The maximum absolute atomic E-state index is 12.2. The second kappa shape index (κ2) is 39.6. The Balaban J connectivity index is 0.000000566. The predicted octanol–water partition coefficient (Wildman–Crippen LogP) is 15.2. The van der Waals surface area contributed by atoms with Crippen molar-refractivity contribution in [3.8, 4) is 0 Å². The number of rotatable bonds is 8. The van der Waals surface area contributed by atoms with Crippen LogP contribution < -0.4 is 34.0 Å². The number of ketones is 3. The number of aliphatic hydroxyl groups excluding tert-OH is 1. The van der Waals surface area contributed by atoms with Crippen LogP contribution in [0, 0.1) is 118 Å². The van der Waals surface area contributed by atoms with E-state index >= 15 is 0 Å². The number of allylic oxidation sites excluding steroid dienone is 13. The summed E-state index contributed by atoms with van der Waals surface area (Å²) in [5.41, 5.74) is 8.97. The van der Waals surface area contributed by atoms with Crippen molar-refractivity contribution in [2.24, 2.45) is 105 Å². The van der Waals surface area contributed by atoms with Gasteiger partial charge < -0.3 is 39.1 Å². The Morgan fingerprint density at radius 1 is 0.506 bits per heavy atom. The Morgan fingerprint density at radius 3 is 1.37 bits per heavy atom. The minimum Gasteiger partial charge on any atom is -1.00 e. The van der Waals surface area contributed by atoms with Crippen LogP contribution >= 0.6 is 0 Å². The van der Waals surface area contributed by atoms with Gasteiger partial charge >= 0.3 is 46.1 Å². The molecule has 89 heavy (non-hydrogen) atoms. The first-order chi connectivity index (χ1) is 40.3. The summed E-state index contributed by atoms with van der Waals surface area (Å²) < 4.78 is 0. The molecule has 0 aromatic carbocycles. The molecule has 0 radical (unpaired) electrons. The van der Waals surface area contributed by atoms with E-state index in [-0.39, 0.29) is 91.6 Å². The Bertz CT molecular complexity index is 2420. The Kier molecular flexibility index (Phi) is 38.1. The molecule has 0 saturated heterocycles. The molecule has 11 aliphatic carbocycles. The van der Waals surface area contributed by atoms with Gasteiger partial charge in [-0.25, -0.2) is 39.2 Å². The molecule has 4 nitrogen and oxygen atoms in total.